The molecule has 2 N–H and O–H groups in total. The van der Waals surface area contributed by atoms with Crippen LogP contribution in [0.1, 0.15) is 25.8 Å². The summed E-state index contributed by atoms with van der Waals surface area (Å²) in [6, 6.07) is 6.21. The number of nitrogens with zero attached hydrogens (tertiary/aromatic N) is 2. The van der Waals surface area contributed by atoms with Crippen molar-refractivity contribution in [3.8, 4) is 0 Å². The molecule has 1 amide bonds. The highest BCUT2D eigenvalue weighted by atomic mass is 16.6. The van der Waals surface area contributed by atoms with E-state index in [1.165, 1.54) is 5.56 Å². The Morgan fingerprint density at radius 3 is 3.05 bits per heavy atom. The molecule has 3 heterocycles. The zero-order valence-corrected chi connectivity index (χ0v) is 12.8. The van der Waals surface area contributed by atoms with Crippen LogP contribution in [-0.2, 0) is 11.3 Å². The largest absolute Gasteiger partial charge is 0.439 e. The molecule has 6 nitrogen and oxygen atoms in total. The van der Waals surface area contributed by atoms with Gasteiger partial charge in [-0.25, -0.2) is 4.79 Å². The van der Waals surface area contributed by atoms with Crippen molar-refractivity contribution in [2.24, 2.45) is 0 Å². The smallest absolute Gasteiger partial charge is 0.408 e. The Morgan fingerprint density at radius 2 is 2.27 bits per heavy atom. The molecular formula is C16H20N4O2. The lowest BCUT2D eigenvalue weighted by atomic mass is 9.83. The second kappa shape index (κ2) is 4.46. The number of fused-ring (bicyclic) bond motifs is 1. The van der Waals surface area contributed by atoms with E-state index < -0.39 is 5.60 Å². The van der Waals surface area contributed by atoms with Gasteiger partial charge in [0.15, 0.2) is 5.60 Å². The van der Waals surface area contributed by atoms with Crippen molar-refractivity contribution < 1.29 is 9.53 Å². The van der Waals surface area contributed by atoms with E-state index in [1.807, 2.05) is 32.2 Å². The fraction of sp³-hybridized carbons (Fsp3) is 0.500. The molecule has 1 spiro atoms. The minimum absolute atomic E-state index is 0.302. The molecule has 2 aliphatic heterocycles. The number of benzene rings is 1. The Balaban J connectivity index is 1.57. The van der Waals surface area contributed by atoms with E-state index in [2.05, 4.69) is 26.5 Å². The van der Waals surface area contributed by atoms with Gasteiger partial charge in [0.05, 0.1) is 17.3 Å². The summed E-state index contributed by atoms with van der Waals surface area (Å²) in [6.45, 7) is 6.60. The van der Waals surface area contributed by atoms with Crippen molar-refractivity contribution in [3.63, 3.8) is 0 Å². The number of aromatic nitrogens is 2. The van der Waals surface area contributed by atoms with Crippen LogP contribution in [0.2, 0.25) is 0 Å². The lowest BCUT2D eigenvalue weighted by Gasteiger charge is -2.34. The molecule has 0 bridgehead atoms. The van der Waals surface area contributed by atoms with Gasteiger partial charge in [-0.3, -0.25) is 10.00 Å². The van der Waals surface area contributed by atoms with Crippen molar-refractivity contribution in [1.29, 1.82) is 0 Å². The van der Waals surface area contributed by atoms with Gasteiger partial charge < -0.3 is 10.1 Å². The Bertz CT molecular complexity index is 739. The molecule has 1 aromatic carbocycles. The first-order valence-electron chi connectivity index (χ1n) is 7.64. The molecule has 1 atom stereocenters. The minimum Gasteiger partial charge on any atom is -0.439 e. The van der Waals surface area contributed by atoms with Crippen LogP contribution in [0.3, 0.4) is 0 Å². The van der Waals surface area contributed by atoms with Crippen molar-refractivity contribution in [3.05, 3.63) is 30.0 Å². The molecule has 116 valence electrons. The number of hydrogen-bond donors (Lipinski definition) is 2. The molecule has 0 saturated carbocycles. The molecule has 2 saturated heterocycles. The molecule has 0 radical (unpaired) electrons. The van der Waals surface area contributed by atoms with Crippen molar-refractivity contribution in [2.45, 2.75) is 38.0 Å². The van der Waals surface area contributed by atoms with E-state index in [0.29, 0.717) is 0 Å². The van der Waals surface area contributed by atoms with Crippen molar-refractivity contribution in [2.75, 3.05) is 13.1 Å². The molecule has 2 fully saturated rings. The number of rotatable bonds is 2. The van der Waals surface area contributed by atoms with Gasteiger partial charge in [-0.05, 0) is 25.5 Å². The average molecular weight is 300 g/mol. The quantitative estimate of drug-likeness (QED) is 0.890. The summed E-state index contributed by atoms with van der Waals surface area (Å²) in [6.07, 6.45) is 2.43. The summed E-state index contributed by atoms with van der Waals surface area (Å²) >= 11 is 0. The predicted octanol–water partition coefficient (Wildman–Crippen LogP) is 2.03. The molecule has 4 rings (SSSR count). The fourth-order valence-electron chi connectivity index (χ4n) is 3.69. The first kappa shape index (κ1) is 13.6. The number of H-pyrrole nitrogens is 1. The van der Waals surface area contributed by atoms with E-state index in [1.54, 1.807) is 0 Å². The van der Waals surface area contributed by atoms with Crippen LogP contribution in [0.5, 0.6) is 0 Å². The standard InChI is InChI=1S/C16H20N4O2/c1-15(2)16(22-14(21)18-15)6-7-20(10-16)9-11-4-3-5-13-12(11)8-17-19-13/h3-5,8H,6-7,9-10H2,1-2H3,(H,17,19)(H,18,21). The van der Waals surface area contributed by atoms with Crippen LogP contribution in [0.15, 0.2) is 24.4 Å². The second-order valence-electron chi connectivity index (χ2n) is 6.84. The zero-order chi connectivity index (χ0) is 15.4. The molecule has 2 aromatic rings. The third kappa shape index (κ3) is 1.90. The molecule has 0 aliphatic carbocycles. The fourth-order valence-corrected chi connectivity index (χ4v) is 3.69. The molecule has 2 aliphatic rings. The van der Waals surface area contributed by atoms with E-state index >= 15 is 0 Å². The average Bonchev–Trinajstić information content (AvgIpc) is 3.10. The van der Waals surface area contributed by atoms with Gasteiger partial charge in [-0.2, -0.15) is 5.10 Å². The molecule has 1 aromatic heterocycles. The van der Waals surface area contributed by atoms with E-state index in [4.69, 9.17) is 4.74 Å². The number of carbonyl (C=O) groups excluding carboxylic acids is 1. The van der Waals surface area contributed by atoms with Gasteiger partial charge in [0.2, 0.25) is 0 Å². The number of aromatic amines is 1. The van der Waals surface area contributed by atoms with Gasteiger partial charge >= 0.3 is 6.09 Å². The summed E-state index contributed by atoms with van der Waals surface area (Å²) in [5.74, 6) is 0. The van der Waals surface area contributed by atoms with Crippen molar-refractivity contribution in [1.82, 2.24) is 20.4 Å². The molecular weight excluding hydrogens is 280 g/mol. The first-order valence-corrected chi connectivity index (χ1v) is 7.64. The Kier molecular flexibility index (Phi) is 2.75. The SMILES string of the molecule is CC1(C)NC(=O)OC12CCN(Cc1cccc3[nH]ncc13)C2. The highest BCUT2D eigenvalue weighted by Gasteiger charge is 2.58. The maximum absolute atomic E-state index is 11.7. The summed E-state index contributed by atoms with van der Waals surface area (Å²) in [5.41, 5.74) is 1.55. The zero-order valence-electron chi connectivity index (χ0n) is 12.8. The highest BCUT2D eigenvalue weighted by Crippen LogP contribution is 2.40. The number of alkyl carbamates (subject to hydrolysis) is 1. The van der Waals surface area contributed by atoms with E-state index in [9.17, 15) is 4.79 Å². The van der Waals surface area contributed by atoms with Gasteiger partial charge in [-0.15, -0.1) is 0 Å². The van der Waals surface area contributed by atoms with Gasteiger partial charge in [0, 0.05) is 31.4 Å². The normalized spacial score (nSPS) is 27.5. The minimum atomic E-state index is -0.422. The maximum atomic E-state index is 11.7. The highest BCUT2D eigenvalue weighted by molar-refractivity contribution is 5.81. The number of likely N-dealkylation sites (tertiary alicyclic amines) is 1. The van der Waals surface area contributed by atoms with E-state index in [0.717, 1.165) is 37.0 Å². The maximum Gasteiger partial charge on any atom is 0.408 e. The Morgan fingerprint density at radius 1 is 1.41 bits per heavy atom. The van der Waals surface area contributed by atoms with Crippen LogP contribution in [0.25, 0.3) is 10.9 Å². The number of nitrogens with one attached hydrogen (secondary N) is 2. The summed E-state index contributed by atoms with van der Waals surface area (Å²) in [5, 5.41) is 11.2. The lowest BCUT2D eigenvalue weighted by Crippen LogP contribution is -2.54. The summed E-state index contributed by atoms with van der Waals surface area (Å²) < 4.78 is 5.66. The summed E-state index contributed by atoms with van der Waals surface area (Å²) in [4.78, 5) is 14.0. The summed E-state index contributed by atoms with van der Waals surface area (Å²) in [7, 11) is 0. The third-order valence-electron chi connectivity index (χ3n) is 5.12. The number of hydrogen-bond acceptors (Lipinski definition) is 4. The van der Waals surface area contributed by atoms with Crippen molar-refractivity contribution >= 4 is 17.0 Å². The van der Waals surface area contributed by atoms with Crippen LogP contribution in [-0.4, -0.2) is 45.4 Å². The second-order valence-corrected chi connectivity index (χ2v) is 6.84. The lowest BCUT2D eigenvalue weighted by molar-refractivity contribution is 0.0187. The monoisotopic (exact) mass is 300 g/mol. The van der Waals surface area contributed by atoms with Gasteiger partial charge in [-0.1, -0.05) is 12.1 Å². The van der Waals surface area contributed by atoms with Crippen LogP contribution < -0.4 is 5.32 Å². The van der Waals surface area contributed by atoms with E-state index in [-0.39, 0.29) is 11.6 Å². The number of amides is 1. The van der Waals surface area contributed by atoms with Gasteiger partial charge in [0.1, 0.15) is 0 Å². The first-order chi connectivity index (χ1) is 10.5. The Labute approximate surface area is 128 Å². The third-order valence-corrected chi connectivity index (χ3v) is 5.12. The van der Waals surface area contributed by atoms with Crippen LogP contribution >= 0.6 is 0 Å². The topological polar surface area (TPSA) is 70.2 Å². The Hall–Kier alpha value is -2.08. The number of ether oxygens (including phenoxy) is 1. The van der Waals surface area contributed by atoms with Crippen LogP contribution in [0, 0.1) is 0 Å². The predicted molar refractivity (Wildman–Crippen MR) is 82.4 cm³/mol. The van der Waals surface area contributed by atoms with Gasteiger partial charge in [0.25, 0.3) is 0 Å². The van der Waals surface area contributed by atoms with Crippen LogP contribution in [0.4, 0.5) is 4.79 Å². The molecule has 22 heavy (non-hydrogen) atoms. The number of carbonyl (C=O) groups is 1. The molecule has 1 unspecified atom stereocenters. The molecule has 6 heteroatoms.